The number of hydrogen-bond acceptors (Lipinski definition) is 5. The van der Waals surface area contributed by atoms with Gasteiger partial charge in [0, 0.05) is 20.0 Å². The molecule has 3 N–H and O–H groups in total. The third-order valence-electron chi connectivity index (χ3n) is 2.56. The van der Waals surface area contributed by atoms with Crippen LogP contribution in [-0.4, -0.2) is 67.2 Å². The van der Waals surface area contributed by atoms with Crippen molar-refractivity contribution in [2.24, 2.45) is 0 Å². The molecule has 0 aliphatic carbocycles. The lowest BCUT2D eigenvalue weighted by Crippen LogP contribution is -2.49. The Morgan fingerprint density at radius 3 is 2.38 bits per heavy atom. The molecule has 21 heavy (non-hydrogen) atoms. The van der Waals surface area contributed by atoms with Crippen molar-refractivity contribution in [3.05, 3.63) is 0 Å². The van der Waals surface area contributed by atoms with Crippen LogP contribution in [0.3, 0.4) is 0 Å². The lowest BCUT2D eigenvalue weighted by molar-refractivity contribution is -0.142. The summed E-state index contributed by atoms with van der Waals surface area (Å²) in [6.07, 6.45) is -0.226. The number of carboxylic acid groups (broad SMARTS) is 1. The van der Waals surface area contributed by atoms with E-state index in [4.69, 9.17) is 5.11 Å². The van der Waals surface area contributed by atoms with Gasteiger partial charge in [0.05, 0.1) is 7.11 Å². The van der Waals surface area contributed by atoms with E-state index < -0.39 is 24.0 Å². The molecule has 0 aromatic heterocycles. The molecule has 0 bridgehead atoms. The van der Waals surface area contributed by atoms with Gasteiger partial charge in [0.1, 0.15) is 12.6 Å². The van der Waals surface area contributed by atoms with Crippen LogP contribution in [0.15, 0.2) is 0 Å². The van der Waals surface area contributed by atoms with Crippen molar-refractivity contribution in [3.63, 3.8) is 0 Å². The number of carbonyl (C=O) groups is 4. The standard InChI is InChI=1S/C12H21N3O6/c1-4-13-9(16)7-15(2)12(20)14-8(11(18)19)5-6-10(17)21-3/h8H,4-7H2,1-3H3,(H,13,16)(H,14,20)(H,18,19)/t8-/m0/s1. The molecule has 3 amide bonds. The summed E-state index contributed by atoms with van der Waals surface area (Å²) in [5, 5.41) is 13.8. The van der Waals surface area contributed by atoms with Gasteiger partial charge in [-0.2, -0.15) is 0 Å². The molecule has 1 atom stereocenters. The second kappa shape index (κ2) is 9.56. The van der Waals surface area contributed by atoms with E-state index in [0.717, 1.165) is 4.90 Å². The summed E-state index contributed by atoms with van der Waals surface area (Å²) >= 11 is 0. The third-order valence-corrected chi connectivity index (χ3v) is 2.56. The van der Waals surface area contributed by atoms with Crippen molar-refractivity contribution in [2.75, 3.05) is 27.2 Å². The number of methoxy groups -OCH3 is 1. The fourth-order valence-corrected chi connectivity index (χ4v) is 1.42. The van der Waals surface area contributed by atoms with E-state index >= 15 is 0 Å². The number of hydrogen-bond donors (Lipinski definition) is 3. The minimum absolute atomic E-state index is 0.0945. The van der Waals surface area contributed by atoms with Crippen LogP contribution < -0.4 is 10.6 Å². The molecule has 0 aliphatic heterocycles. The summed E-state index contributed by atoms with van der Waals surface area (Å²) in [6.45, 7) is 1.99. The van der Waals surface area contributed by atoms with Gasteiger partial charge < -0.3 is 25.4 Å². The first kappa shape index (κ1) is 18.7. The van der Waals surface area contributed by atoms with Gasteiger partial charge in [-0.1, -0.05) is 0 Å². The highest BCUT2D eigenvalue weighted by Gasteiger charge is 2.23. The van der Waals surface area contributed by atoms with Crippen LogP contribution in [0, 0.1) is 0 Å². The van der Waals surface area contributed by atoms with Gasteiger partial charge in [-0.3, -0.25) is 9.59 Å². The Kier molecular flexibility index (Phi) is 8.51. The van der Waals surface area contributed by atoms with Crippen molar-refractivity contribution in [3.8, 4) is 0 Å². The van der Waals surface area contributed by atoms with Crippen LogP contribution in [-0.2, 0) is 19.1 Å². The summed E-state index contributed by atoms with van der Waals surface area (Å²) in [4.78, 5) is 46.1. The Balaban J connectivity index is 4.42. The Morgan fingerprint density at radius 1 is 1.29 bits per heavy atom. The van der Waals surface area contributed by atoms with Crippen LogP contribution in [0.2, 0.25) is 0 Å². The molecule has 0 fully saturated rings. The van der Waals surface area contributed by atoms with Crippen molar-refractivity contribution in [2.45, 2.75) is 25.8 Å². The highest BCUT2D eigenvalue weighted by Crippen LogP contribution is 2.00. The van der Waals surface area contributed by atoms with Crippen molar-refractivity contribution < 1.29 is 29.0 Å². The smallest absolute Gasteiger partial charge is 0.326 e. The number of rotatable bonds is 8. The molecule has 0 aromatic rings. The van der Waals surface area contributed by atoms with Crippen LogP contribution >= 0.6 is 0 Å². The van der Waals surface area contributed by atoms with E-state index in [2.05, 4.69) is 15.4 Å². The molecule has 9 heteroatoms. The predicted octanol–water partition coefficient (Wildman–Crippen LogP) is -0.830. The average Bonchev–Trinajstić information content (AvgIpc) is 2.42. The first-order chi connectivity index (χ1) is 9.81. The van der Waals surface area contributed by atoms with Crippen molar-refractivity contribution in [1.29, 1.82) is 0 Å². The zero-order valence-corrected chi connectivity index (χ0v) is 12.3. The molecular formula is C12H21N3O6. The van der Waals surface area contributed by atoms with Gasteiger partial charge >= 0.3 is 18.0 Å². The van der Waals surface area contributed by atoms with E-state index in [-0.39, 0.29) is 25.3 Å². The number of urea groups is 1. The van der Waals surface area contributed by atoms with E-state index in [9.17, 15) is 19.2 Å². The molecule has 9 nitrogen and oxygen atoms in total. The number of ether oxygens (including phenoxy) is 1. The highest BCUT2D eigenvalue weighted by atomic mass is 16.5. The summed E-state index contributed by atoms with van der Waals surface area (Å²) in [5.74, 6) is -2.18. The number of nitrogens with one attached hydrogen (secondary N) is 2. The normalized spacial score (nSPS) is 11.2. The average molecular weight is 303 g/mol. The molecule has 0 saturated carbocycles. The summed E-state index contributed by atoms with van der Waals surface area (Å²) in [5.41, 5.74) is 0. The minimum atomic E-state index is -1.27. The number of carbonyl (C=O) groups excluding carboxylic acids is 3. The van der Waals surface area contributed by atoms with Crippen LogP contribution in [0.1, 0.15) is 19.8 Å². The number of amides is 3. The molecule has 0 aliphatic rings. The van der Waals surface area contributed by atoms with E-state index in [1.165, 1.54) is 14.2 Å². The fraction of sp³-hybridized carbons (Fsp3) is 0.667. The number of carboxylic acids is 1. The van der Waals surface area contributed by atoms with E-state index in [1.807, 2.05) is 0 Å². The van der Waals surface area contributed by atoms with Gasteiger partial charge in [-0.15, -0.1) is 0 Å². The molecule has 120 valence electrons. The molecule has 0 aromatic carbocycles. The van der Waals surface area contributed by atoms with Crippen LogP contribution in [0.25, 0.3) is 0 Å². The molecular weight excluding hydrogens is 282 g/mol. The number of likely N-dealkylation sites (N-methyl/N-ethyl adjacent to an activating group) is 2. The molecule has 0 spiro atoms. The topological polar surface area (TPSA) is 125 Å². The van der Waals surface area contributed by atoms with Crippen molar-refractivity contribution >= 4 is 23.9 Å². The monoisotopic (exact) mass is 303 g/mol. The Labute approximate surface area is 122 Å². The SMILES string of the molecule is CCNC(=O)CN(C)C(=O)N[C@@H](CCC(=O)OC)C(=O)O. The maximum Gasteiger partial charge on any atom is 0.326 e. The maximum atomic E-state index is 11.8. The maximum absolute atomic E-state index is 11.8. The Hall–Kier alpha value is -2.32. The summed E-state index contributed by atoms with van der Waals surface area (Å²) in [6, 6.07) is -1.94. The molecule has 0 rings (SSSR count). The summed E-state index contributed by atoms with van der Waals surface area (Å²) in [7, 11) is 2.56. The van der Waals surface area contributed by atoms with Gasteiger partial charge in [-0.05, 0) is 13.3 Å². The molecule has 0 saturated heterocycles. The number of nitrogens with zero attached hydrogens (tertiary/aromatic N) is 1. The quantitative estimate of drug-likeness (QED) is 0.503. The van der Waals surface area contributed by atoms with Crippen LogP contribution in [0.4, 0.5) is 4.79 Å². The molecule has 0 radical (unpaired) electrons. The first-order valence-corrected chi connectivity index (χ1v) is 6.39. The van der Waals surface area contributed by atoms with E-state index in [1.54, 1.807) is 6.92 Å². The third kappa shape index (κ3) is 7.75. The van der Waals surface area contributed by atoms with Gasteiger partial charge in [0.2, 0.25) is 5.91 Å². The fourth-order valence-electron chi connectivity index (χ4n) is 1.42. The van der Waals surface area contributed by atoms with Gasteiger partial charge in [-0.25, -0.2) is 9.59 Å². The van der Waals surface area contributed by atoms with Gasteiger partial charge in [0.15, 0.2) is 0 Å². The second-order valence-corrected chi connectivity index (χ2v) is 4.26. The zero-order chi connectivity index (χ0) is 16.4. The second-order valence-electron chi connectivity index (χ2n) is 4.26. The number of aliphatic carboxylic acids is 1. The largest absolute Gasteiger partial charge is 0.480 e. The van der Waals surface area contributed by atoms with E-state index in [0.29, 0.717) is 6.54 Å². The zero-order valence-electron chi connectivity index (χ0n) is 12.3. The van der Waals surface area contributed by atoms with Gasteiger partial charge in [0.25, 0.3) is 0 Å². The Bertz CT molecular complexity index is 398. The summed E-state index contributed by atoms with van der Waals surface area (Å²) < 4.78 is 4.40. The van der Waals surface area contributed by atoms with Crippen LogP contribution in [0.5, 0.6) is 0 Å². The lowest BCUT2D eigenvalue weighted by atomic mass is 10.1. The highest BCUT2D eigenvalue weighted by molar-refractivity contribution is 5.86. The van der Waals surface area contributed by atoms with Crippen molar-refractivity contribution in [1.82, 2.24) is 15.5 Å². The molecule has 0 heterocycles. The first-order valence-electron chi connectivity index (χ1n) is 6.39. The lowest BCUT2D eigenvalue weighted by Gasteiger charge is -2.20. The predicted molar refractivity (Wildman–Crippen MR) is 72.5 cm³/mol. The number of esters is 1. The molecule has 0 unspecified atom stereocenters. The minimum Gasteiger partial charge on any atom is -0.480 e. The Morgan fingerprint density at radius 2 is 1.90 bits per heavy atom.